The molecule has 0 aliphatic heterocycles. The monoisotopic (exact) mass is 337 g/mol. The fourth-order valence-corrected chi connectivity index (χ4v) is 4.31. The van der Waals surface area contributed by atoms with E-state index in [1.165, 1.54) is 4.68 Å². The van der Waals surface area contributed by atoms with Crippen LogP contribution in [0.4, 0.5) is 5.82 Å². The van der Waals surface area contributed by atoms with E-state index in [-0.39, 0.29) is 28.7 Å². The second-order valence-electron chi connectivity index (χ2n) is 5.88. The van der Waals surface area contributed by atoms with Crippen molar-refractivity contribution < 1.29 is 8.42 Å². The third-order valence-electron chi connectivity index (χ3n) is 3.71. The highest BCUT2D eigenvalue weighted by Gasteiger charge is 2.28. The highest BCUT2D eigenvalue weighted by atomic mass is 32.2. The largest absolute Gasteiger partial charge is 0.382 e. The fourth-order valence-electron chi connectivity index (χ4n) is 2.70. The van der Waals surface area contributed by atoms with Crippen molar-refractivity contribution in [1.82, 2.24) is 8.77 Å². The molecule has 0 saturated heterocycles. The van der Waals surface area contributed by atoms with Crippen LogP contribution in [0.5, 0.6) is 0 Å². The van der Waals surface area contributed by atoms with Gasteiger partial charge in [0, 0.05) is 6.04 Å². The number of aromatic nitrogens is 2. The average Bonchev–Trinajstić information content (AvgIpc) is 2.72. The predicted octanol–water partition coefficient (Wildman–Crippen LogP) is 2.38. The summed E-state index contributed by atoms with van der Waals surface area (Å²) in [4.78, 5) is 12.9. The summed E-state index contributed by atoms with van der Waals surface area (Å²) < 4.78 is 27.4. The average molecular weight is 337 g/mol. The lowest BCUT2D eigenvalue weighted by atomic mass is 10.0. The maximum atomic E-state index is 12.9. The van der Waals surface area contributed by atoms with Crippen molar-refractivity contribution in [3.63, 3.8) is 0 Å². The second kappa shape index (κ2) is 6.23. The summed E-state index contributed by atoms with van der Waals surface area (Å²) in [6, 6.07) is 6.99. The van der Waals surface area contributed by atoms with E-state index >= 15 is 0 Å². The Morgan fingerprint density at radius 2 is 1.83 bits per heavy atom. The third-order valence-corrected chi connectivity index (χ3v) is 5.53. The zero-order chi connectivity index (χ0) is 17.4. The zero-order valence-electron chi connectivity index (χ0n) is 13.9. The zero-order valence-corrected chi connectivity index (χ0v) is 14.7. The molecule has 7 heteroatoms. The van der Waals surface area contributed by atoms with Crippen molar-refractivity contribution >= 4 is 15.8 Å². The van der Waals surface area contributed by atoms with Crippen molar-refractivity contribution in [2.45, 2.75) is 40.2 Å². The first-order valence-electron chi connectivity index (χ1n) is 7.64. The van der Waals surface area contributed by atoms with E-state index in [4.69, 9.17) is 5.73 Å². The minimum Gasteiger partial charge on any atom is -0.382 e. The standard InChI is InChI=1S/C16H23N3O3S/c1-5-10-23(21,22)19-15(17)14(16(20)18(19)11(2)3)13-9-7-6-8-12(13)4/h6-9,11H,5,10,17H2,1-4H3. The summed E-state index contributed by atoms with van der Waals surface area (Å²) in [5.41, 5.74) is 7.52. The molecule has 23 heavy (non-hydrogen) atoms. The van der Waals surface area contributed by atoms with Gasteiger partial charge in [0.1, 0.15) is 5.82 Å². The van der Waals surface area contributed by atoms with Gasteiger partial charge in [-0.1, -0.05) is 31.2 Å². The summed E-state index contributed by atoms with van der Waals surface area (Å²) in [6.07, 6.45) is 0.450. The molecule has 0 unspecified atom stereocenters. The van der Waals surface area contributed by atoms with Gasteiger partial charge in [-0.25, -0.2) is 13.1 Å². The number of nitrogen functional groups attached to an aromatic ring is 1. The molecule has 1 heterocycles. The van der Waals surface area contributed by atoms with Gasteiger partial charge in [0.25, 0.3) is 15.6 Å². The van der Waals surface area contributed by atoms with E-state index in [0.29, 0.717) is 12.0 Å². The van der Waals surface area contributed by atoms with Crippen molar-refractivity contribution in [1.29, 1.82) is 0 Å². The molecule has 0 aliphatic carbocycles. The number of benzene rings is 1. The summed E-state index contributed by atoms with van der Waals surface area (Å²) in [7, 11) is -3.68. The minimum absolute atomic E-state index is 0.0218. The quantitative estimate of drug-likeness (QED) is 0.907. The van der Waals surface area contributed by atoms with Gasteiger partial charge in [0.05, 0.1) is 11.3 Å². The molecule has 6 nitrogen and oxygen atoms in total. The highest BCUT2D eigenvalue weighted by molar-refractivity contribution is 7.89. The van der Waals surface area contributed by atoms with Crippen LogP contribution in [0.25, 0.3) is 11.1 Å². The molecule has 2 rings (SSSR count). The van der Waals surface area contributed by atoms with Gasteiger partial charge in [-0.3, -0.25) is 4.79 Å². The van der Waals surface area contributed by atoms with Crippen molar-refractivity contribution in [2.75, 3.05) is 11.5 Å². The van der Waals surface area contributed by atoms with Crippen LogP contribution >= 0.6 is 0 Å². The molecular formula is C16H23N3O3S. The molecule has 126 valence electrons. The van der Waals surface area contributed by atoms with Crippen LogP contribution in [0, 0.1) is 6.92 Å². The Balaban J connectivity index is 2.89. The molecule has 2 aromatic rings. The molecular weight excluding hydrogens is 314 g/mol. The molecule has 0 spiro atoms. The van der Waals surface area contributed by atoms with Gasteiger partial charge in [-0.15, -0.1) is 0 Å². The molecule has 0 aliphatic rings. The smallest absolute Gasteiger partial charge is 0.277 e. The van der Waals surface area contributed by atoms with Gasteiger partial charge < -0.3 is 5.73 Å². The Bertz CT molecular complexity index is 876. The van der Waals surface area contributed by atoms with Crippen molar-refractivity contribution in [2.24, 2.45) is 0 Å². The number of nitrogens with two attached hydrogens (primary N) is 1. The van der Waals surface area contributed by atoms with E-state index in [1.807, 2.05) is 19.1 Å². The first-order valence-corrected chi connectivity index (χ1v) is 9.25. The van der Waals surface area contributed by atoms with Crippen LogP contribution in [0.15, 0.2) is 29.1 Å². The maximum absolute atomic E-state index is 12.9. The second-order valence-corrected chi connectivity index (χ2v) is 7.80. The number of hydrogen-bond donors (Lipinski definition) is 1. The van der Waals surface area contributed by atoms with Crippen LogP contribution in [-0.4, -0.2) is 22.9 Å². The van der Waals surface area contributed by atoms with Crippen LogP contribution in [0.2, 0.25) is 0 Å². The minimum atomic E-state index is -3.68. The Hall–Kier alpha value is -2.02. The number of nitrogens with zero attached hydrogens (tertiary/aromatic N) is 2. The first kappa shape index (κ1) is 17.3. The van der Waals surface area contributed by atoms with Crippen molar-refractivity contribution in [3.8, 4) is 11.1 Å². The summed E-state index contributed by atoms with van der Waals surface area (Å²) >= 11 is 0. The topological polar surface area (TPSA) is 87.1 Å². The maximum Gasteiger partial charge on any atom is 0.277 e. The number of hydrogen-bond acceptors (Lipinski definition) is 4. The summed E-state index contributed by atoms with van der Waals surface area (Å²) in [6.45, 7) is 7.17. The predicted molar refractivity (Wildman–Crippen MR) is 93.1 cm³/mol. The number of anilines is 1. The van der Waals surface area contributed by atoms with Gasteiger partial charge in [0.15, 0.2) is 0 Å². The van der Waals surface area contributed by atoms with E-state index in [9.17, 15) is 13.2 Å². The molecule has 0 radical (unpaired) electrons. The molecule has 0 bridgehead atoms. The van der Waals surface area contributed by atoms with Crippen LogP contribution < -0.4 is 11.3 Å². The number of aryl methyl sites for hydroxylation is 1. The lowest BCUT2D eigenvalue weighted by molar-refractivity contribution is 0.474. The van der Waals surface area contributed by atoms with E-state index in [0.717, 1.165) is 9.65 Å². The van der Waals surface area contributed by atoms with Gasteiger partial charge in [-0.2, -0.15) is 4.09 Å². The highest BCUT2D eigenvalue weighted by Crippen LogP contribution is 2.28. The van der Waals surface area contributed by atoms with Gasteiger partial charge in [0.2, 0.25) is 0 Å². The normalized spacial score (nSPS) is 12.0. The molecule has 1 aromatic heterocycles. The first-order chi connectivity index (χ1) is 10.7. The third kappa shape index (κ3) is 2.93. The Morgan fingerprint density at radius 1 is 1.22 bits per heavy atom. The molecule has 0 amide bonds. The summed E-state index contributed by atoms with van der Waals surface area (Å²) in [5.74, 6) is -0.0860. The summed E-state index contributed by atoms with van der Waals surface area (Å²) in [5, 5.41) is 0. The van der Waals surface area contributed by atoms with Gasteiger partial charge >= 0.3 is 0 Å². The van der Waals surface area contributed by atoms with E-state index < -0.39 is 10.0 Å². The van der Waals surface area contributed by atoms with Gasteiger partial charge in [-0.05, 0) is 38.3 Å². The SMILES string of the molecule is CCCS(=O)(=O)n1c(N)c(-c2ccccc2C)c(=O)n1C(C)C. The van der Waals surface area contributed by atoms with Crippen LogP contribution in [0.1, 0.15) is 38.8 Å². The Morgan fingerprint density at radius 3 is 2.35 bits per heavy atom. The lowest BCUT2D eigenvalue weighted by Crippen LogP contribution is -2.31. The van der Waals surface area contributed by atoms with Crippen molar-refractivity contribution in [3.05, 3.63) is 40.2 Å². The molecule has 0 atom stereocenters. The van der Waals surface area contributed by atoms with E-state index in [1.54, 1.807) is 32.9 Å². The fraction of sp³-hybridized carbons (Fsp3) is 0.438. The lowest BCUT2D eigenvalue weighted by Gasteiger charge is -2.15. The molecule has 0 fully saturated rings. The van der Waals surface area contributed by atoms with Crippen LogP contribution in [0.3, 0.4) is 0 Å². The molecule has 2 N–H and O–H groups in total. The number of rotatable bonds is 5. The van der Waals surface area contributed by atoms with E-state index in [2.05, 4.69) is 0 Å². The Labute approximate surface area is 136 Å². The van der Waals surface area contributed by atoms with Crippen LogP contribution in [-0.2, 0) is 10.0 Å². The Kier molecular flexibility index (Phi) is 4.70. The molecule has 0 saturated carbocycles. The molecule has 1 aromatic carbocycles.